The Hall–Kier alpha value is -2.28. The maximum Gasteiger partial charge on any atom is 0.184 e. The van der Waals surface area contributed by atoms with Crippen LogP contribution in [-0.4, -0.2) is 30.3 Å². The predicted octanol–water partition coefficient (Wildman–Crippen LogP) is 3.02. The number of carbonyl (C=O) groups is 1. The van der Waals surface area contributed by atoms with Gasteiger partial charge in [0.2, 0.25) is 0 Å². The molecule has 0 unspecified atom stereocenters. The van der Waals surface area contributed by atoms with E-state index < -0.39 is 0 Å². The van der Waals surface area contributed by atoms with Crippen molar-refractivity contribution in [3.05, 3.63) is 51.8 Å². The first-order valence-corrected chi connectivity index (χ1v) is 8.20. The molecule has 1 aliphatic heterocycles. The van der Waals surface area contributed by atoms with Gasteiger partial charge < -0.3 is 0 Å². The van der Waals surface area contributed by atoms with Gasteiger partial charge in [-0.15, -0.1) is 5.10 Å². The van der Waals surface area contributed by atoms with Gasteiger partial charge in [-0.1, -0.05) is 18.2 Å². The summed E-state index contributed by atoms with van der Waals surface area (Å²) in [7, 11) is 0. The van der Waals surface area contributed by atoms with Gasteiger partial charge >= 0.3 is 0 Å². The Bertz CT molecular complexity index is 940. The molecule has 0 saturated heterocycles. The van der Waals surface area contributed by atoms with E-state index in [-0.39, 0.29) is 5.78 Å². The third kappa shape index (κ3) is 2.07. The number of hydrogen-bond donors (Lipinski definition) is 0. The first kappa shape index (κ1) is 14.3. The number of imidazole rings is 1. The Morgan fingerprint density at radius 3 is 2.91 bits per heavy atom. The molecule has 0 fully saturated rings. The maximum absolute atomic E-state index is 12.2. The molecule has 0 atom stereocenters. The maximum atomic E-state index is 12.2. The molecule has 0 spiro atoms. The number of ketones is 1. The van der Waals surface area contributed by atoms with Crippen LogP contribution in [0.2, 0.25) is 0 Å². The van der Waals surface area contributed by atoms with Gasteiger partial charge in [0, 0.05) is 12.8 Å². The van der Waals surface area contributed by atoms with Crippen LogP contribution in [0.3, 0.4) is 0 Å². The van der Waals surface area contributed by atoms with Crippen LogP contribution < -0.4 is 0 Å². The zero-order chi connectivity index (χ0) is 16.1. The van der Waals surface area contributed by atoms with Gasteiger partial charge in [0.05, 0.1) is 22.8 Å². The second-order valence-electron chi connectivity index (χ2n) is 5.59. The molecule has 4 rings (SSSR count). The Labute approximate surface area is 141 Å². The molecule has 1 aromatic carbocycles. The van der Waals surface area contributed by atoms with E-state index in [4.69, 9.17) is 0 Å². The Balaban J connectivity index is 2.07. The normalized spacial score (nSPS) is 12.3. The number of carbonyl (C=O) groups excluding carboxylic acids is 1. The zero-order valence-electron chi connectivity index (χ0n) is 12.7. The van der Waals surface area contributed by atoms with Crippen LogP contribution in [0.4, 0.5) is 0 Å². The van der Waals surface area contributed by atoms with Crippen LogP contribution in [0.5, 0.6) is 0 Å². The summed E-state index contributed by atoms with van der Waals surface area (Å²) in [4.78, 5) is 16.6. The van der Waals surface area contributed by atoms with Crippen molar-refractivity contribution in [2.45, 2.75) is 26.7 Å². The first-order chi connectivity index (χ1) is 11.1. The van der Waals surface area contributed by atoms with E-state index >= 15 is 0 Å². The van der Waals surface area contributed by atoms with Crippen LogP contribution in [-0.2, 0) is 6.42 Å². The number of aromatic nitrogens is 5. The fourth-order valence-electron chi connectivity index (χ4n) is 2.92. The number of Topliss-reactive ketones (excluding diaryl/α,β-unsaturated/α-hetero) is 1. The van der Waals surface area contributed by atoms with Gasteiger partial charge in [-0.05, 0) is 40.5 Å². The molecule has 7 heteroatoms. The number of hydrogen-bond acceptors (Lipinski definition) is 4. The molecule has 6 nitrogen and oxygen atoms in total. The van der Waals surface area contributed by atoms with Gasteiger partial charge in [0.15, 0.2) is 11.5 Å². The largest absolute Gasteiger partial charge is 0.299 e. The summed E-state index contributed by atoms with van der Waals surface area (Å²) in [6.45, 7) is 3.87. The molecule has 1 aliphatic rings. The van der Waals surface area contributed by atoms with Crippen molar-refractivity contribution in [2.75, 3.05) is 0 Å². The molecule has 0 aliphatic carbocycles. The third-order valence-corrected chi connectivity index (χ3v) is 4.78. The lowest BCUT2D eigenvalue weighted by Crippen LogP contribution is -2.06. The number of rotatable bonds is 2. The number of fused-ring (bicyclic) bond motifs is 5. The van der Waals surface area contributed by atoms with Gasteiger partial charge in [-0.3, -0.25) is 9.36 Å². The lowest BCUT2D eigenvalue weighted by atomic mass is 10.1. The molecule has 3 aromatic rings. The Morgan fingerprint density at radius 1 is 1.30 bits per heavy atom. The summed E-state index contributed by atoms with van der Waals surface area (Å²) in [6, 6.07) is 6.15. The second-order valence-corrected chi connectivity index (χ2v) is 6.35. The number of aryl methyl sites for hydroxylation is 1. The Kier molecular flexibility index (Phi) is 3.19. The fourth-order valence-corrected chi connectivity index (χ4v) is 3.34. The minimum absolute atomic E-state index is 0.00420. The third-order valence-electron chi connectivity index (χ3n) is 4.12. The molecule has 0 saturated carbocycles. The first-order valence-electron chi connectivity index (χ1n) is 7.41. The molecule has 2 aromatic heterocycles. The lowest BCUT2D eigenvalue weighted by molar-refractivity contribution is 0.0982. The molecule has 3 heterocycles. The highest BCUT2D eigenvalue weighted by molar-refractivity contribution is 9.10. The standard InChI is InChI=1S/C16H14BrN5O/c1-3-14(23)15-12-7-13-16(17)18-8-21(13)10-5-4-9(2)6-11(10)22(12)20-19-15/h4-6,8H,3,7H2,1-2H3. The summed E-state index contributed by atoms with van der Waals surface area (Å²) in [5.74, 6) is 0.00420. The highest BCUT2D eigenvalue weighted by atomic mass is 79.9. The summed E-state index contributed by atoms with van der Waals surface area (Å²) < 4.78 is 4.59. The number of halogens is 1. The van der Waals surface area contributed by atoms with Gasteiger partial charge in [0.25, 0.3) is 0 Å². The van der Waals surface area contributed by atoms with E-state index in [1.165, 1.54) is 0 Å². The zero-order valence-corrected chi connectivity index (χ0v) is 14.3. The second kappa shape index (κ2) is 5.13. The van der Waals surface area contributed by atoms with E-state index in [0.29, 0.717) is 18.5 Å². The highest BCUT2D eigenvalue weighted by Gasteiger charge is 2.27. The van der Waals surface area contributed by atoms with Crippen molar-refractivity contribution in [2.24, 2.45) is 0 Å². The van der Waals surface area contributed by atoms with E-state index in [0.717, 1.165) is 32.9 Å². The summed E-state index contributed by atoms with van der Waals surface area (Å²) in [6.07, 6.45) is 2.74. The monoisotopic (exact) mass is 371 g/mol. The van der Waals surface area contributed by atoms with E-state index in [1.807, 2.05) is 24.5 Å². The minimum Gasteiger partial charge on any atom is -0.299 e. The molecule has 23 heavy (non-hydrogen) atoms. The van der Waals surface area contributed by atoms with Crippen LogP contribution in [0.1, 0.15) is 40.8 Å². The number of benzene rings is 1. The van der Waals surface area contributed by atoms with Crippen molar-refractivity contribution >= 4 is 21.7 Å². The fraction of sp³-hybridized carbons (Fsp3) is 0.250. The summed E-state index contributed by atoms with van der Waals surface area (Å²) in [5.41, 5.74) is 5.25. The molecule has 116 valence electrons. The molecule has 0 amide bonds. The van der Waals surface area contributed by atoms with Gasteiger partial charge in [0.1, 0.15) is 10.9 Å². The minimum atomic E-state index is 0.00420. The van der Waals surface area contributed by atoms with Crippen LogP contribution in [0.25, 0.3) is 11.4 Å². The van der Waals surface area contributed by atoms with Crippen molar-refractivity contribution in [3.8, 4) is 11.4 Å². The van der Waals surface area contributed by atoms with E-state index in [1.54, 1.807) is 11.0 Å². The predicted molar refractivity (Wildman–Crippen MR) is 88.3 cm³/mol. The quantitative estimate of drug-likeness (QED) is 0.508. The smallest absolute Gasteiger partial charge is 0.184 e. The van der Waals surface area contributed by atoms with E-state index in [9.17, 15) is 4.79 Å². The van der Waals surface area contributed by atoms with Gasteiger partial charge in [-0.2, -0.15) is 0 Å². The highest BCUT2D eigenvalue weighted by Crippen LogP contribution is 2.32. The molecular weight excluding hydrogens is 358 g/mol. The summed E-state index contributed by atoms with van der Waals surface area (Å²) in [5, 5.41) is 8.40. The Morgan fingerprint density at radius 2 is 2.13 bits per heavy atom. The van der Waals surface area contributed by atoms with Crippen LogP contribution >= 0.6 is 15.9 Å². The molecule has 0 bridgehead atoms. The molecule has 0 N–H and O–H groups in total. The summed E-state index contributed by atoms with van der Waals surface area (Å²) >= 11 is 3.50. The average molecular weight is 372 g/mol. The van der Waals surface area contributed by atoms with Gasteiger partial charge in [-0.25, -0.2) is 9.67 Å². The molecular formula is C16H14BrN5O. The van der Waals surface area contributed by atoms with Crippen molar-refractivity contribution in [3.63, 3.8) is 0 Å². The van der Waals surface area contributed by atoms with Crippen LogP contribution in [0.15, 0.2) is 29.1 Å². The van der Waals surface area contributed by atoms with E-state index in [2.05, 4.69) is 43.4 Å². The SMILES string of the molecule is CCC(=O)c1nnn2c1Cc1c(Br)ncn1-c1ccc(C)cc1-2. The van der Waals surface area contributed by atoms with Crippen LogP contribution in [0, 0.1) is 6.92 Å². The molecule has 0 radical (unpaired) electrons. The van der Waals surface area contributed by atoms with Crippen molar-refractivity contribution in [1.82, 2.24) is 24.5 Å². The van der Waals surface area contributed by atoms with Crippen molar-refractivity contribution < 1.29 is 4.79 Å². The lowest BCUT2D eigenvalue weighted by Gasteiger charge is -2.10. The number of nitrogens with zero attached hydrogens (tertiary/aromatic N) is 5. The topological polar surface area (TPSA) is 65.6 Å². The average Bonchev–Trinajstić information content (AvgIpc) is 3.09. The van der Waals surface area contributed by atoms with Crippen molar-refractivity contribution in [1.29, 1.82) is 0 Å².